The second kappa shape index (κ2) is 4.61. The van der Waals surface area contributed by atoms with Gasteiger partial charge in [-0.2, -0.15) is 5.10 Å². The summed E-state index contributed by atoms with van der Waals surface area (Å²) >= 11 is 1.62. The second-order valence-electron chi connectivity index (χ2n) is 5.03. The third-order valence-electron chi connectivity index (χ3n) is 3.98. The number of hydrazone groups is 1. The van der Waals surface area contributed by atoms with Crippen molar-refractivity contribution in [3.63, 3.8) is 0 Å². The molecule has 0 radical (unpaired) electrons. The Hall–Kier alpha value is -1.16. The van der Waals surface area contributed by atoms with Crippen LogP contribution in [0, 0.1) is 17.8 Å². The zero-order chi connectivity index (χ0) is 11.7. The summed E-state index contributed by atoms with van der Waals surface area (Å²) in [5.41, 5.74) is 2.68. The summed E-state index contributed by atoms with van der Waals surface area (Å²) in [5.74, 6) is 1.76. The average molecular weight is 248 g/mol. The van der Waals surface area contributed by atoms with E-state index in [1.165, 1.54) is 19.3 Å². The minimum absolute atomic E-state index is 0.116. The number of amides is 1. The third kappa shape index (κ3) is 2.27. The van der Waals surface area contributed by atoms with E-state index in [-0.39, 0.29) is 11.8 Å². The smallest absolute Gasteiger partial charge is 0.243 e. The van der Waals surface area contributed by atoms with Gasteiger partial charge in [0, 0.05) is 10.8 Å². The molecule has 1 amide bonds. The molecule has 1 N–H and O–H groups in total. The van der Waals surface area contributed by atoms with Gasteiger partial charge in [-0.3, -0.25) is 4.79 Å². The van der Waals surface area contributed by atoms with Crippen molar-refractivity contribution in [2.24, 2.45) is 22.9 Å². The molecule has 3 rings (SSSR count). The number of hydrogen-bond acceptors (Lipinski definition) is 3. The molecule has 2 saturated carbocycles. The van der Waals surface area contributed by atoms with E-state index in [0.29, 0.717) is 5.92 Å². The van der Waals surface area contributed by atoms with Gasteiger partial charge in [0.1, 0.15) is 0 Å². The number of thiophene rings is 1. The van der Waals surface area contributed by atoms with Crippen molar-refractivity contribution in [2.45, 2.75) is 25.7 Å². The van der Waals surface area contributed by atoms with Crippen molar-refractivity contribution in [2.75, 3.05) is 0 Å². The van der Waals surface area contributed by atoms with E-state index in [1.54, 1.807) is 17.6 Å². The zero-order valence-electron chi connectivity index (χ0n) is 9.63. The highest BCUT2D eigenvalue weighted by Crippen LogP contribution is 2.48. The van der Waals surface area contributed by atoms with Gasteiger partial charge in [0.2, 0.25) is 5.91 Å². The number of nitrogens with one attached hydrogen (secondary N) is 1. The Kier molecular flexibility index (Phi) is 2.97. The topological polar surface area (TPSA) is 41.5 Å². The molecular formula is C13H16N2OS. The van der Waals surface area contributed by atoms with Crippen LogP contribution in [0.2, 0.25) is 0 Å². The average Bonchev–Trinajstić information content (AvgIpc) is 3.05. The Balaban J connectivity index is 1.54. The zero-order valence-corrected chi connectivity index (χ0v) is 10.5. The van der Waals surface area contributed by atoms with Crippen molar-refractivity contribution in [1.82, 2.24) is 5.43 Å². The van der Waals surface area contributed by atoms with Crippen molar-refractivity contribution in [3.05, 3.63) is 22.4 Å². The SMILES string of the molecule is O=C(N/N=C\c1cccs1)[C@H]1C[C@H]2CC[C@@H]1C2. The monoisotopic (exact) mass is 248 g/mol. The van der Waals surface area contributed by atoms with Crippen molar-refractivity contribution in [3.8, 4) is 0 Å². The van der Waals surface area contributed by atoms with Gasteiger partial charge >= 0.3 is 0 Å². The van der Waals surface area contributed by atoms with Crippen molar-refractivity contribution in [1.29, 1.82) is 0 Å². The maximum Gasteiger partial charge on any atom is 0.243 e. The standard InChI is InChI=1S/C13H16N2OS/c16-13(12-7-9-3-4-10(12)6-9)15-14-8-11-2-1-5-17-11/h1-2,5,8-10,12H,3-4,6-7H2,(H,15,16)/b14-8-/t9-,10+,12-/m0/s1. The largest absolute Gasteiger partial charge is 0.273 e. The quantitative estimate of drug-likeness (QED) is 0.648. The number of hydrogen-bond donors (Lipinski definition) is 1. The van der Waals surface area contributed by atoms with Gasteiger partial charge in [0.25, 0.3) is 0 Å². The number of rotatable bonds is 3. The summed E-state index contributed by atoms with van der Waals surface area (Å²) < 4.78 is 0. The molecule has 17 heavy (non-hydrogen) atoms. The second-order valence-corrected chi connectivity index (χ2v) is 6.01. The van der Waals surface area contributed by atoms with Crippen LogP contribution in [0.25, 0.3) is 0 Å². The molecule has 3 nitrogen and oxygen atoms in total. The lowest BCUT2D eigenvalue weighted by Gasteiger charge is -2.19. The van der Waals surface area contributed by atoms with Crippen molar-refractivity contribution < 1.29 is 4.79 Å². The molecule has 0 saturated heterocycles. The van der Waals surface area contributed by atoms with Crippen LogP contribution in [0.5, 0.6) is 0 Å². The van der Waals surface area contributed by atoms with E-state index >= 15 is 0 Å². The summed E-state index contributed by atoms with van der Waals surface area (Å²) in [4.78, 5) is 13.0. The molecular weight excluding hydrogens is 232 g/mol. The molecule has 3 atom stereocenters. The molecule has 4 heteroatoms. The fourth-order valence-corrected chi connectivity index (χ4v) is 3.76. The number of carbonyl (C=O) groups excluding carboxylic acids is 1. The molecule has 2 bridgehead atoms. The van der Waals surface area contributed by atoms with Crippen LogP contribution in [-0.2, 0) is 4.79 Å². The first-order valence-corrected chi connectivity index (χ1v) is 7.07. The number of fused-ring (bicyclic) bond motifs is 2. The van der Waals surface area contributed by atoms with Gasteiger partial charge in [0.15, 0.2) is 0 Å². The predicted molar refractivity (Wildman–Crippen MR) is 69.0 cm³/mol. The van der Waals surface area contributed by atoms with Crippen LogP contribution < -0.4 is 5.43 Å². The lowest BCUT2D eigenvalue weighted by molar-refractivity contribution is -0.126. The fraction of sp³-hybridized carbons (Fsp3) is 0.538. The van der Waals surface area contributed by atoms with E-state index in [2.05, 4.69) is 10.5 Å². The van der Waals surface area contributed by atoms with Gasteiger partial charge in [-0.25, -0.2) is 5.43 Å². The summed E-state index contributed by atoms with van der Waals surface area (Å²) in [5, 5.41) is 6.03. The van der Waals surface area contributed by atoms with Crippen LogP contribution in [-0.4, -0.2) is 12.1 Å². The predicted octanol–water partition coefficient (Wildman–Crippen LogP) is 2.63. The molecule has 0 spiro atoms. The van der Waals surface area contributed by atoms with E-state index in [4.69, 9.17) is 0 Å². The fourth-order valence-electron chi connectivity index (χ4n) is 3.17. The number of carbonyl (C=O) groups is 1. The molecule has 1 aromatic heterocycles. The van der Waals surface area contributed by atoms with Crippen LogP contribution in [0.15, 0.2) is 22.6 Å². The Labute approximate surface area is 105 Å². The number of nitrogens with zero attached hydrogens (tertiary/aromatic N) is 1. The minimum atomic E-state index is 0.116. The van der Waals surface area contributed by atoms with Gasteiger partial charge in [-0.15, -0.1) is 11.3 Å². The molecule has 1 heterocycles. The first kappa shape index (κ1) is 11.0. The van der Waals surface area contributed by atoms with Gasteiger partial charge in [-0.1, -0.05) is 12.5 Å². The molecule has 2 aliphatic rings. The maximum atomic E-state index is 11.9. The molecule has 0 aliphatic heterocycles. The summed E-state index contributed by atoms with van der Waals surface area (Å²) in [6.07, 6.45) is 6.61. The molecule has 2 fully saturated rings. The Morgan fingerprint density at radius 2 is 2.41 bits per heavy atom. The third-order valence-corrected chi connectivity index (χ3v) is 4.79. The first-order chi connectivity index (χ1) is 8.33. The summed E-state index contributed by atoms with van der Waals surface area (Å²) in [6.45, 7) is 0. The van der Waals surface area contributed by atoms with E-state index in [1.807, 2.05) is 17.5 Å². The highest BCUT2D eigenvalue weighted by molar-refractivity contribution is 7.11. The molecule has 0 aromatic carbocycles. The minimum Gasteiger partial charge on any atom is -0.273 e. The highest BCUT2D eigenvalue weighted by Gasteiger charge is 2.42. The lowest BCUT2D eigenvalue weighted by Crippen LogP contribution is -2.30. The van der Waals surface area contributed by atoms with Crippen LogP contribution in [0.4, 0.5) is 0 Å². The van der Waals surface area contributed by atoms with Crippen LogP contribution in [0.3, 0.4) is 0 Å². The van der Waals surface area contributed by atoms with Crippen molar-refractivity contribution >= 4 is 23.5 Å². The molecule has 90 valence electrons. The summed E-state index contributed by atoms with van der Waals surface area (Å²) in [6, 6.07) is 3.96. The van der Waals surface area contributed by atoms with E-state index in [9.17, 15) is 4.79 Å². The lowest BCUT2D eigenvalue weighted by atomic mass is 9.88. The Morgan fingerprint density at radius 1 is 1.47 bits per heavy atom. The van der Waals surface area contributed by atoms with Crippen LogP contribution >= 0.6 is 11.3 Å². The molecule has 0 unspecified atom stereocenters. The molecule has 1 aromatic rings. The normalized spacial score (nSPS) is 31.2. The highest BCUT2D eigenvalue weighted by atomic mass is 32.1. The van der Waals surface area contributed by atoms with Gasteiger partial charge in [-0.05, 0) is 42.5 Å². The van der Waals surface area contributed by atoms with E-state index in [0.717, 1.165) is 17.2 Å². The summed E-state index contributed by atoms with van der Waals surface area (Å²) in [7, 11) is 0. The van der Waals surface area contributed by atoms with Gasteiger partial charge in [0.05, 0.1) is 6.21 Å². The first-order valence-electron chi connectivity index (χ1n) is 6.19. The Morgan fingerprint density at radius 3 is 3.06 bits per heavy atom. The van der Waals surface area contributed by atoms with Gasteiger partial charge < -0.3 is 0 Å². The van der Waals surface area contributed by atoms with Crippen LogP contribution in [0.1, 0.15) is 30.6 Å². The van der Waals surface area contributed by atoms with E-state index < -0.39 is 0 Å². The maximum absolute atomic E-state index is 11.9. The Bertz CT molecular complexity index is 427. The molecule has 2 aliphatic carbocycles.